The molecule has 0 amide bonds. The molecular weight excluding hydrogens is 128 g/mol. The van der Waals surface area contributed by atoms with Crippen LogP contribution in [0.3, 0.4) is 0 Å². The highest BCUT2D eigenvalue weighted by Gasteiger charge is 2.08. The van der Waals surface area contributed by atoms with E-state index in [1.807, 2.05) is 6.92 Å². The molecule has 10 heavy (non-hydrogen) atoms. The van der Waals surface area contributed by atoms with Gasteiger partial charge in [0.1, 0.15) is 0 Å². The largest absolute Gasteiger partial charge is 0.393 e. The van der Waals surface area contributed by atoms with Crippen molar-refractivity contribution < 1.29 is 10.2 Å². The van der Waals surface area contributed by atoms with Crippen LogP contribution < -0.4 is 0 Å². The van der Waals surface area contributed by atoms with Crippen LogP contribution in [0.15, 0.2) is 0 Å². The predicted octanol–water partition coefficient (Wildman–Crippen LogP) is 1.16. The van der Waals surface area contributed by atoms with E-state index < -0.39 is 0 Å². The van der Waals surface area contributed by atoms with E-state index in [0.717, 1.165) is 12.8 Å². The first-order chi connectivity index (χ1) is 4.52. The molecule has 0 heterocycles. The monoisotopic (exact) mass is 146 g/mol. The van der Waals surface area contributed by atoms with Crippen LogP contribution in [0.2, 0.25) is 0 Å². The molecule has 2 nitrogen and oxygen atoms in total. The molecule has 0 bridgehead atoms. The summed E-state index contributed by atoms with van der Waals surface area (Å²) in [4.78, 5) is 0. The van der Waals surface area contributed by atoms with E-state index in [1.54, 1.807) is 13.8 Å². The number of hydrogen-bond acceptors (Lipinski definition) is 2. The highest BCUT2D eigenvalue weighted by atomic mass is 16.3. The van der Waals surface area contributed by atoms with Gasteiger partial charge in [-0.05, 0) is 32.6 Å². The number of aliphatic hydroxyl groups is 2. The zero-order valence-electron chi connectivity index (χ0n) is 7.04. The molecule has 0 saturated carbocycles. The second kappa shape index (κ2) is 4.69. The molecule has 0 aromatic rings. The molecule has 0 radical (unpaired) electrons. The molecule has 0 fully saturated rings. The molecule has 0 aliphatic heterocycles. The van der Waals surface area contributed by atoms with Crippen molar-refractivity contribution in [3.63, 3.8) is 0 Å². The van der Waals surface area contributed by atoms with Gasteiger partial charge in [-0.3, -0.25) is 0 Å². The second-order valence-corrected chi connectivity index (χ2v) is 3.27. The maximum atomic E-state index is 8.95. The summed E-state index contributed by atoms with van der Waals surface area (Å²) in [6, 6.07) is 0. The molecule has 0 spiro atoms. The Morgan fingerprint density at radius 3 is 1.40 bits per heavy atom. The van der Waals surface area contributed by atoms with Crippen LogP contribution in [-0.4, -0.2) is 22.4 Å². The summed E-state index contributed by atoms with van der Waals surface area (Å²) < 4.78 is 0. The van der Waals surface area contributed by atoms with Crippen LogP contribution >= 0.6 is 0 Å². The molecule has 0 rings (SSSR count). The average molecular weight is 146 g/mol. The molecular formula is C8H18O2. The molecule has 0 saturated heterocycles. The lowest BCUT2D eigenvalue weighted by Gasteiger charge is -2.14. The van der Waals surface area contributed by atoms with Crippen LogP contribution in [0.5, 0.6) is 0 Å². The smallest absolute Gasteiger partial charge is 0.0514 e. The predicted molar refractivity (Wildman–Crippen MR) is 41.8 cm³/mol. The van der Waals surface area contributed by atoms with Crippen molar-refractivity contribution in [1.29, 1.82) is 0 Å². The lowest BCUT2D eigenvalue weighted by Crippen LogP contribution is -2.12. The summed E-state index contributed by atoms with van der Waals surface area (Å²) in [6.07, 6.45) is 1.08. The van der Waals surface area contributed by atoms with Gasteiger partial charge in [0.15, 0.2) is 0 Å². The van der Waals surface area contributed by atoms with Gasteiger partial charge in [0.25, 0.3) is 0 Å². The van der Waals surface area contributed by atoms with E-state index in [2.05, 4.69) is 0 Å². The fraction of sp³-hybridized carbons (Fsp3) is 1.00. The van der Waals surface area contributed by atoms with Crippen molar-refractivity contribution in [2.24, 2.45) is 5.92 Å². The van der Waals surface area contributed by atoms with E-state index in [0.29, 0.717) is 5.92 Å². The van der Waals surface area contributed by atoms with Gasteiger partial charge in [0.05, 0.1) is 12.2 Å². The van der Waals surface area contributed by atoms with Gasteiger partial charge in [-0.25, -0.2) is 0 Å². The van der Waals surface area contributed by atoms with E-state index in [4.69, 9.17) is 10.2 Å². The minimum atomic E-state index is -0.242. The van der Waals surface area contributed by atoms with Crippen molar-refractivity contribution in [3.8, 4) is 0 Å². The normalized spacial score (nSPS) is 20.1. The standard InChI is InChI=1S/C8H18O2/c1-6(4-7(2)9)5-8(3)10/h6-10H,4-5H2,1-3H3. The summed E-state index contributed by atoms with van der Waals surface area (Å²) in [5.74, 6) is 0.417. The number of hydrogen-bond donors (Lipinski definition) is 2. The fourth-order valence-electron chi connectivity index (χ4n) is 1.26. The zero-order valence-corrected chi connectivity index (χ0v) is 7.04. The Bertz CT molecular complexity index is 69.3. The molecule has 62 valence electrons. The topological polar surface area (TPSA) is 40.5 Å². The van der Waals surface area contributed by atoms with E-state index >= 15 is 0 Å². The first-order valence-electron chi connectivity index (χ1n) is 3.88. The third-order valence-electron chi connectivity index (χ3n) is 1.49. The van der Waals surface area contributed by atoms with Crippen LogP contribution in [0, 0.1) is 5.92 Å². The van der Waals surface area contributed by atoms with Crippen LogP contribution in [-0.2, 0) is 0 Å². The minimum Gasteiger partial charge on any atom is -0.393 e. The summed E-state index contributed by atoms with van der Waals surface area (Å²) in [5.41, 5.74) is 0. The molecule has 2 unspecified atom stereocenters. The fourth-order valence-corrected chi connectivity index (χ4v) is 1.26. The SMILES string of the molecule is CC(O)CC(C)CC(C)O. The molecule has 0 aliphatic carbocycles. The van der Waals surface area contributed by atoms with Gasteiger partial charge in [0, 0.05) is 0 Å². The third-order valence-corrected chi connectivity index (χ3v) is 1.49. The van der Waals surface area contributed by atoms with E-state index in [-0.39, 0.29) is 12.2 Å². The Kier molecular flexibility index (Phi) is 4.65. The third kappa shape index (κ3) is 6.05. The van der Waals surface area contributed by atoms with E-state index in [9.17, 15) is 0 Å². The van der Waals surface area contributed by atoms with Gasteiger partial charge in [-0.15, -0.1) is 0 Å². The van der Waals surface area contributed by atoms with Gasteiger partial charge < -0.3 is 10.2 Å². The molecule has 0 aliphatic rings. The lowest BCUT2D eigenvalue weighted by molar-refractivity contribution is 0.126. The van der Waals surface area contributed by atoms with Crippen molar-refractivity contribution >= 4 is 0 Å². The van der Waals surface area contributed by atoms with Gasteiger partial charge in [-0.2, -0.15) is 0 Å². The average Bonchev–Trinajstić information content (AvgIpc) is 1.58. The van der Waals surface area contributed by atoms with Crippen LogP contribution in [0.25, 0.3) is 0 Å². The summed E-state index contributed by atoms with van der Waals surface area (Å²) in [5, 5.41) is 17.9. The highest BCUT2D eigenvalue weighted by Crippen LogP contribution is 2.12. The number of aliphatic hydroxyl groups excluding tert-OH is 2. The summed E-state index contributed by atoms with van der Waals surface area (Å²) in [6.45, 7) is 5.59. The lowest BCUT2D eigenvalue weighted by atomic mass is 9.98. The summed E-state index contributed by atoms with van der Waals surface area (Å²) >= 11 is 0. The highest BCUT2D eigenvalue weighted by molar-refractivity contribution is 4.60. The van der Waals surface area contributed by atoms with Gasteiger partial charge >= 0.3 is 0 Å². The molecule has 2 heteroatoms. The van der Waals surface area contributed by atoms with Gasteiger partial charge in [0.2, 0.25) is 0 Å². The zero-order chi connectivity index (χ0) is 8.15. The quantitative estimate of drug-likeness (QED) is 0.625. The van der Waals surface area contributed by atoms with Crippen LogP contribution in [0.4, 0.5) is 0 Å². The minimum absolute atomic E-state index is 0.242. The molecule has 0 aromatic carbocycles. The Morgan fingerprint density at radius 2 is 1.20 bits per heavy atom. The maximum absolute atomic E-state index is 8.95. The Hall–Kier alpha value is -0.0800. The first-order valence-corrected chi connectivity index (χ1v) is 3.88. The summed E-state index contributed by atoms with van der Waals surface area (Å²) in [7, 11) is 0. The molecule has 2 N–H and O–H groups in total. The van der Waals surface area contributed by atoms with Crippen LogP contribution in [0.1, 0.15) is 33.6 Å². The van der Waals surface area contributed by atoms with Crippen molar-refractivity contribution in [1.82, 2.24) is 0 Å². The van der Waals surface area contributed by atoms with Crippen molar-refractivity contribution in [2.75, 3.05) is 0 Å². The second-order valence-electron chi connectivity index (χ2n) is 3.27. The molecule has 2 atom stereocenters. The van der Waals surface area contributed by atoms with Gasteiger partial charge in [-0.1, -0.05) is 6.92 Å². The number of rotatable bonds is 4. The van der Waals surface area contributed by atoms with Crippen molar-refractivity contribution in [3.05, 3.63) is 0 Å². The van der Waals surface area contributed by atoms with Crippen molar-refractivity contribution in [2.45, 2.75) is 45.8 Å². The first kappa shape index (κ1) is 9.92. The molecule has 0 aromatic heterocycles. The Balaban J connectivity index is 3.34. The van der Waals surface area contributed by atoms with E-state index in [1.165, 1.54) is 0 Å². The maximum Gasteiger partial charge on any atom is 0.0514 e. The Morgan fingerprint density at radius 1 is 0.900 bits per heavy atom. The Labute approximate surface area is 62.9 Å².